The van der Waals surface area contributed by atoms with Gasteiger partial charge in [0.1, 0.15) is 5.75 Å². The number of benzene rings is 1. The minimum Gasteiger partial charge on any atom is -0.497 e. The molecule has 0 amide bonds. The van der Waals surface area contributed by atoms with Gasteiger partial charge in [0.25, 0.3) is 0 Å². The van der Waals surface area contributed by atoms with E-state index in [1.165, 1.54) is 0 Å². The Hall–Kier alpha value is -2.01. The van der Waals surface area contributed by atoms with Gasteiger partial charge in [0.05, 0.1) is 25.5 Å². The van der Waals surface area contributed by atoms with Gasteiger partial charge in [-0.15, -0.1) is 5.10 Å². The van der Waals surface area contributed by atoms with Crippen molar-refractivity contribution in [2.24, 2.45) is 5.73 Å². The van der Waals surface area contributed by atoms with Crippen LogP contribution < -0.4 is 10.5 Å². The van der Waals surface area contributed by atoms with Crippen LogP contribution in [-0.2, 0) is 6.54 Å². The van der Waals surface area contributed by atoms with Crippen LogP contribution in [0.15, 0.2) is 30.5 Å². The van der Waals surface area contributed by atoms with E-state index >= 15 is 0 Å². The summed E-state index contributed by atoms with van der Waals surface area (Å²) in [5, 5.41) is 7.66. The Labute approximate surface area is 93.3 Å². The molecule has 0 bridgehead atoms. The molecule has 2 N–H and O–H groups in total. The minimum atomic E-state index is 0.283. The summed E-state index contributed by atoms with van der Waals surface area (Å²) >= 11 is 0. The summed E-state index contributed by atoms with van der Waals surface area (Å²) in [6.45, 7) is 0.283. The van der Waals surface area contributed by atoms with E-state index in [1.807, 2.05) is 24.3 Å². The van der Waals surface area contributed by atoms with Crippen LogP contribution in [0.5, 0.6) is 5.75 Å². The molecule has 5 nitrogen and oxygen atoms in total. The van der Waals surface area contributed by atoms with Crippen molar-refractivity contribution in [2.45, 2.75) is 6.54 Å². The van der Waals surface area contributed by atoms with E-state index in [4.69, 9.17) is 10.5 Å². The van der Waals surface area contributed by atoms with E-state index in [1.54, 1.807) is 13.3 Å². The van der Waals surface area contributed by atoms with Gasteiger partial charge in [-0.1, -0.05) is 12.1 Å². The quantitative estimate of drug-likeness (QED) is 0.828. The third kappa shape index (κ3) is 2.14. The lowest BCUT2D eigenvalue weighted by atomic mass is 10.1. The monoisotopic (exact) mass is 216 g/mol. The molecule has 0 radical (unpaired) electrons. The fraction of sp³-hybridized carbons (Fsp3) is 0.182. The Morgan fingerprint density at radius 2 is 2.25 bits per heavy atom. The molecule has 0 saturated carbocycles. The van der Waals surface area contributed by atoms with Crippen LogP contribution in [0.1, 0.15) is 5.82 Å². The van der Waals surface area contributed by atoms with Crippen LogP contribution in [0.2, 0.25) is 0 Å². The molecule has 16 heavy (non-hydrogen) atoms. The molecule has 82 valence electrons. The molecule has 0 aliphatic rings. The maximum Gasteiger partial charge on any atom is 0.165 e. The van der Waals surface area contributed by atoms with E-state index < -0.39 is 0 Å². The van der Waals surface area contributed by atoms with E-state index in [0.717, 1.165) is 17.0 Å². The lowest BCUT2D eigenvalue weighted by molar-refractivity contribution is 0.415. The first-order valence-corrected chi connectivity index (χ1v) is 4.86. The molecule has 1 heterocycles. The van der Waals surface area contributed by atoms with E-state index in [9.17, 15) is 0 Å². The largest absolute Gasteiger partial charge is 0.497 e. The van der Waals surface area contributed by atoms with Gasteiger partial charge in [-0.2, -0.15) is 5.10 Å². The van der Waals surface area contributed by atoms with Gasteiger partial charge in [0.15, 0.2) is 5.82 Å². The standard InChI is InChI=1S/C11H12N4O/c1-16-9-4-2-3-8(5-9)10-7-13-15-11(6-12)14-10/h2-5,7H,6,12H2,1H3. The summed E-state index contributed by atoms with van der Waals surface area (Å²) in [7, 11) is 1.63. The molecule has 1 aromatic carbocycles. The van der Waals surface area contributed by atoms with Crippen molar-refractivity contribution in [3.05, 3.63) is 36.3 Å². The zero-order chi connectivity index (χ0) is 11.4. The van der Waals surface area contributed by atoms with Gasteiger partial charge < -0.3 is 10.5 Å². The molecule has 2 rings (SSSR count). The Bertz CT molecular complexity index is 441. The maximum absolute atomic E-state index is 5.46. The maximum atomic E-state index is 5.46. The average molecular weight is 216 g/mol. The molecule has 2 aromatic rings. The Morgan fingerprint density at radius 3 is 3.00 bits per heavy atom. The Morgan fingerprint density at radius 1 is 1.38 bits per heavy atom. The predicted octanol–water partition coefficient (Wildman–Crippen LogP) is 1.01. The lowest BCUT2D eigenvalue weighted by Gasteiger charge is -2.04. The molecule has 0 saturated heterocycles. The van der Waals surface area contributed by atoms with Crippen molar-refractivity contribution in [1.29, 1.82) is 0 Å². The molecule has 5 heteroatoms. The van der Waals surface area contributed by atoms with Gasteiger partial charge in [0.2, 0.25) is 0 Å². The summed E-state index contributed by atoms with van der Waals surface area (Å²) in [5.41, 5.74) is 7.14. The minimum absolute atomic E-state index is 0.283. The van der Waals surface area contributed by atoms with Gasteiger partial charge in [0, 0.05) is 5.56 Å². The first-order chi connectivity index (χ1) is 7.83. The number of nitrogens with two attached hydrogens (primary N) is 1. The van der Waals surface area contributed by atoms with Crippen LogP contribution in [0.4, 0.5) is 0 Å². The fourth-order valence-corrected chi connectivity index (χ4v) is 1.35. The number of rotatable bonds is 3. The number of aromatic nitrogens is 3. The Kier molecular flexibility index (Phi) is 3.07. The third-order valence-corrected chi connectivity index (χ3v) is 2.15. The average Bonchev–Trinajstić information content (AvgIpc) is 2.39. The van der Waals surface area contributed by atoms with Crippen molar-refractivity contribution in [3.8, 4) is 17.0 Å². The van der Waals surface area contributed by atoms with Crippen molar-refractivity contribution in [3.63, 3.8) is 0 Å². The highest BCUT2D eigenvalue weighted by molar-refractivity contribution is 5.59. The summed E-state index contributed by atoms with van der Waals surface area (Å²) in [5.74, 6) is 1.31. The number of hydrogen-bond donors (Lipinski definition) is 1. The molecular weight excluding hydrogens is 204 g/mol. The van der Waals surface area contributed by atoms with E-state index in [-0.39, 0.29) is 6.54 Å². The van der Waals surface area contributed by atoms with E-state index in [2.05, 4.69) is 15.2 Å². The van der Waals surface area contributed by atoms with Gasteiger partial charge >= 0.3 is 0 Å². The SMILES string of the molecule is COc1cccc(-c2cnnc(CN)n2)c1. The molecule has 0 fully saturated rings. The topological polar surface area (TPSA) is 73.9 Å². The van der Waals surface area contributed by atoms with Crippen molar-refractivity contribution in [2.75, 3.05) is 7.11 Å². The van der Waals surface area contributed by atoms with Crippen molar-refractivity contribution >= 4 is 0 Å². The summed E-state index contributed by atoms with van der Waals surface area (Å²) in [6.07, 6.45) is 1.61. The second-order valence-corrected chi connectivity index (χ2v) is 3.19. The fourth-order valence-electron chi connectivity index (χ4n) is 1.35. The first-order valence-electron chi connectivity index (χ1n) is 4.86. The molecule has 0 unspecified atom stereocenters. The molecular formula is C11H12N4O. The third-order valence-electron chi connectivity index (χ3n) is 2.15. The van der Waals surface area contributed by atoms with Crippen LogP contribution in [-0.4, -0.2) is 22.3 Å². The number of methoxy groups -OCH3 is 1. The summed E-state index contributed by atoms with van der Waals surface area (Å²) in [6, 6.07) is 7.61. The molecule has 1 aromatic heterocycles. The van der Waals surface area contributed by atoms with Crippen LogP contribution in [0, 0.1) is 0 Å². The lowest BCUT2D eigenvalue weighted by Crippen LogP contribution is -2.05. The molecule has 0 aliphatic carbocycles. The van der Waals surface area contributed by atoms with Gasteiger partial charge in [-0.3, -0.25) is 0 Å². The smallest absolute Gasteiger partial charge is 0.165 e. The summed E-state index contributed by atoms with van der Waals surface area (Å²) in [4.78, 5) is 4.28. The van der Waals surface area contributed by atoms with Gasteiger partial charge in [-0.05, 0) is 12.1 Å². The van der Waals surface area contributed by atoms with Gasteiger partial charge in [-0.25, -0.2) is 4.98 Å². The second-order valence-electron chi connectivity index (χ2n) is 3.19. The van der Waals surface area contributed by atoms with Crippen molar-refractivity contribution < 1.29 is 4.74 Å². The number of ether oxygens (including phenoxy) is 1. The van der Waals surface area contributed by atoms with Crippen LogP contribution in [0.3, 0.4) is 0 Å². The number of nitrogens with zero attached hydrogens (tertiary/aromatic N) is 3. The Balaban J connectivity index is 2.41. The zero-order valence-electron chi connectivity index (χ0n) is 8.92. The van der Waals surface area contributed by atoms with Crippen LogP contribution >= 0.6 is 0 Å². The second kappa shape index (κ2) is 4.67. The first kappa shape index (κ1) is 10.5. The van der Waals surface area contributed by atoms with E-state index in [0.29, 0.717) is 5.82 Å². The highest BCUT2D eigenvalue weighted by Gasteiger charge is 2.03. The highest BCUT2D eigenvalue weighted by atomic mass is 16.5. The predicted molar refractivity (Wildman–Crippen MR) is 59.7 cm³/mol. The summed E-state index contributed by atoms with van der Waals surface area (Å²) < 4.78 is 5.14. The highest BCUT2D eigenvalue weighted by Crippen LogP contribution is 2.21. The van der Waals surface area contributed by atoms with Crippen LogP contribution in [0.25, 0.3) is 11.3 Å². The van der Waals surface area contributed by atoms with Crippen molar-refractivity contribution in [1.82, 2.24) is 15.2 Å². The number of hydrogen-bond acceptors (Lipinski definition) is 5. The molecule has 0 spiro atoms. The normalized spacial score (nSPS) is 10.1. The molecule has 0 atom stereocenters. The molecule has 0 aliphatic heterocycles. The zero-order valence-corrected chi connectivity index (χ0v) is 8.92.